The molecule has 0 fully saturated rings. The molecule has 0 aromatic carbocycles. The van der Waals surface area contributed by atoms with E-state index >= 15 is 0 Å². The Kier molecular flexibility index (Phi) is 64.9. The van der Waals surface area contributed by atoms with Crippen molar-refractivity contribution in [2.45, 2.75) is 284 Å². The van der Waals surface area contributed by atoms with E-state index in [-0.39, 0.29) is 31.1 Å². The SMILES string of the molecule is CC/C=C\C/C=C\C/C=C\C/C=C\C/C=C\C/C=C\C/C=C\C/C=C\CCCCC(=O)OCC(COC(=O)CCCCCCCCCCC/C=C\C/C=C\CCCCC)OC(=O)CCCCCCCC/C=C\C/C=C\C/C=C\C/C=C\CC. The van der Waals surface area contributed by atoms with Gasteiger partial charge >= 0.3 is 17.9 Å². The molecule has 0 aliphatic heterocycles. The molecule has 0 heterocycles. The van der Waals surface area contributed by atoms with Crippen LogP contribution in [-0.2, 0) is 28.6 Å². The summed E-state index contributed by atoms with van der Waals surface area (Å²) in [5.41, 5.74) is 0. The van der Waals surface area contributed by atoms with E-state index < -0.39 is 6.10 Å². The molecule has 0 bridgehead atoms. The average Bonchev–Trinajstić information content (AvgIpc) is 3.50. The lowest BCUT2D eigenvalue weighted by atomic mass is 10.1. The fourth-order valence-corrected chi connectivity index (χ4v) is 8.71. The zero-order chi connectivity index (χ0) is 59.9. The monoisotopic (exact) mass is 1140 g/mol. The van der Waals surface area contributed by atoms with Crippen LogP contribution in [0.5, 0.6) is 0 Å². The number of carbonyl (C=O) groups is 3. The zero-order valence-corrected chi connectivity index (χ0v) is 53.4. The summed E-state index contributed by atoms with van der Waals surface area (Å²) in [6.45, 7) is 6.34. The summed E-state index contributed by atoms with van der Waals surface area (Å²) < 4.78 is 16.9. The van der Waals surface area contributed by atoms with Crippen LogP contribution in [0.4, 0.5) is 0 Å². The van der Waals surface area contributed by atoms with Gasteiger partial charge in [0.1, 0.15) is 13.2 Å². The average molecular weight is 1140 g/mol. The second kappa shape index (κ2) is 69.3. The lowest BCUT2D eigenvalue weighted by Crippen LogP contribution is -2.30. The van der Waals surface area contributed by atoms with Crippen LogP contribution in [-0.4, -0.2) is 37.2 Å². The molecule has 0 aromatic rings. The number of hydrogen-bond donors (Lipinski definition) is 0. The van der Waals surface area contributed by atoms with Crippen LogP contribution in [0.25, 0.3) is 0 Å². The van der Waals surface area contributed by atoms with Crippen molar-refractivity contribution >= 4 is 17.9 Å². The Hall–Kier alpha value is -5.23. The predicted octanol–water partition coefficient (Wildman–Crippen LogP) is 23.4. The maximum Gasteiger partial charge on any atom is 0.306 e. The molecule has 0 saturated heterocycles. The minimum absolute atomic E-state index is 0.107. The lowest BCUT2D eigenvalue weighted by molar-refractivity contribution is -0.167. The van der Waals surface area contributed by atoms with E-state index in [9.17, 15) is 14.4 Å². The van der Waals surface area contributed by atoms with Gasteiger partial charge in [0.05, 0.1) is 0 Å². The Bertz CT molecular complexity index is 1890. The molecule has 6 nitrogen and oxygen atoms in total. The highest BCUT2D eigenvalue weighted by molar-refractivity contribution is 5.71. The van der Waals surface area contributed by atoms with Crippen molar-refractivity contribution in [2.24, 2.45) is 0 Å². The Balaban J connectivity index is 4.52. The Morgan fingerprint density at radius 1 is 0.253 bits per heavy atom. The van der Waals surface area contributed by atoms with Gasteiger partial charge in [0.2, 0.25) is 0 Å². The highest BCUT2D eigenvalue weighted by Gasteiger charge is 2.19. The number of hydrogen-bond acceptors (Lipinski definition) is 6. The van der Waals surface area contributed by atoms with Crippen LogP contribution in [0.15, 0.2) is 170 Å². The van der Waals surface area contributed by atoms with E-state index in [4.69, 9.17) is 14.2 Å². The van der Waals surface area contributed by atoms with Crippen LogP contribution in [0.1, 0.15) is 278 Å². The van der Waals surface area contributed by atoms with Crippen LogP contribution in [0.3, 0.4) is 0 Å². The first-order chi connectivity index (χ1) is 41.0. The van der Waals surface area contributed by atoms with Gasteiger partial charge in [-0.25, -0.2) is 0 Å². The van der Waals surface area contributed by atoms with Crippen LogP contribution in [0, 0.1) is 0 Å². The Morgan fingerprint density at radius 3 is 0.759 bits per heavy atom. The normalized spacial score (nSPS) is 13.2. The summed E-state index contributed by atoms with van der Waals surface area (Å²) in [5.74, 6) is -0.973. The molecule has 0 radical (unpaired) electrons. The third-order valence-corrected chi connectivity index (χ3v) is 13.7. The van der Waals surface area contributed by atoms with Crippen molar-refractivity contribution in [3.8, 4) is 0 Å². The van der Waals surface area contributed by atoms with E-state index in [1.165, 1.54) is 83.5 Å². The molecule has 6 heteroatoms. The smallest absolute Gasteiger partial charge is 0.306 e. The van der Waals surface area contributed by atoms with Crippen LogP contribution < -0.4 is 0 Å². The molecule has 0 N–H and O–H groups in total. The van der Waals surface area contributed by atoms with Gasteiger partial charge in [-0.2, -0.15) is 0 Å². The summed E-state index contributed by atoms with van der Waals surface area (Å²) in [4.78, 5) is 38.4. The maximum atomic E-state index is 12.9. The summed E-state index contributed by atoms with van der Waals surface area (Å²) >= 11 is 0. The van der Waals surface area contributed by atoms with Crippen molar-refractivity contribution < 1.29 is 28.6 Å². The number of esters is 3. The molecule has 1 atom stereocenters. The predicted molar refractivity (Wildman–Crippen MR) is 361 cm³/mol. The second-order valence-corrected chi connectivity index (χ2v) is 21.6. The molecule has 0 spiro atoms. The van der Waals surface area contributed by atoms with Gasteiger partial charge in [-0.3, -0.25) is 14.4 Å². The van der Waals surface area contributed by atoms with Gasteiger partial charge in [-0.05, 0) is 154 Å². The third-order valence-electron chi connectivity index (χ3n) is 13.7. The summed E-state index contributed by atoms with van der Waals surface area (Å²) in [7, 11) is 0. The number of carbonyl (C=O) groups excluding carboxylic acids is 3. The molecule has 0 aliphatic carbocycles. The number of unbranched alkanes of at least 4 members (excludes halogenated alkanes) is 20. The van der Waals surface area contributed by atoms with Gasteiger partial charge in [0.15, 0.2) is 6.10 Å². The largest absolute Gasteiger partial charge is 0.462 e. The Labute approximate surface area is 511 Å². The van der Waals surface area contributed by atoms with E-state index in [1.807, 2.05) is 0 Å². The first-order valence-electron chi connectivity index (χ1n) is 33.6. The number of rotatable bonds is 59. The highest BCUT2D eigenvalue weighted by Crippen LogP contribution is 2.15. The third kappa shape index (κ3) is 67.4. The van der Waals surface area contributed by atoms with Crippen molar-refractivity contribution in [3.63, 3.8) is 0 Å². The molecule has 0 saturated carbocycles. The zero-order valence-electron chi connectivity index (χ0n) is 53.4. The van der Waals surface area contributed by atoms with Gasteiger partial charge in [0.25, 0.3) is 0 Å². The fourth-order valence-electron chi connectivity index (χ4n) is 8.71. The topological polar surface area (TPSA) is 78.9 Å². The summed E-state index contributed by atoms with van der Waals surface area (Å²) in [6, 6.07) is 0. The van der Waals surface area contributed by atoms with E-state index in [2.05, 4.69) is 191 Å². The first-order valence-corrected chi connectivity index (χ1v) is 33.6. The molecule has 0 aliphatic rings. The summed E-state index contributed by atoms with van der Waals surface area (Å²) in [5, 5.41) is 0. The number of ether oxygens (including phenoxy) is 3. The van der Waals surface area contributed by atoms with Crippen molar-refractivity contribution in [3.05, 3.63) is 170 Å². The standard InChI is InChI=1S/C77H122O6/c1-4-7-10-13-16-19-22-25-28-31-34-35-36-37-38-39-40-41-44-46-49-52-55-58-61-64-67-70-76(79)82-73-74(83-77(80)71-68-65-62-59-56-53-50-47-43-33-30-27-24-21-18-15-12-9-6-3)72-81-75(78)69-66-63-60-57-54-51-48-45-42-32-29-26-23-20-17-14-11-8-5-2/h7,9-10,12,16-21,25-30,34-35,37-38,40-41,43,46-47,49,55,58,74H,4-6,8,11,13-15,22-24,31-33,36,39,42,44-45,48,50-54,56-57,59-73H2,1-3H3/b10-7-,12-9-,19-16-,20-17-,21-18-,28-25-,29-26-,30-27-,35-34-,38-37-,41-40-,47-43-,49-46-,58-55-. The molecule has 1 unspecified atom stereocenters. The van der Waals surface area contributed by atoms with Gasteiger partial charge in [-0.1, -0.05) is 274 Å². The van der Waals surface area contributed by atoms with Gasteiger partial charge in [-0.15, -0.1) is 0 Å². The van der Waals surface area contributed by atoms with Crippen molar-refractivity contribution in [1.82, 2.24) is 0 Å². The quantitative estimate of drug-likeness (QED) is 0.0261. The van der Waals surface area contributed by atoms with Crippen LogP contribution >= 0.6 is 0 Å². The van der Waals surface area contributed by atoms with Crippen molar-refractivity contribution in [2.75, 3.05) is 13.2 Å². The second-order valence-electron chi connectivity index (χ2n) is 21.6. The molecule has 0 amide bonds. The molecule has 0 rings (SSSR count). The van der Waals surface area contributed by atoms with E-state index in [0.29, 0.717) is 25.7 Å². The lowest BCUT2D eigenvalue weighted by Gasteiger charge is -2.18. The number of allylic oxidation sites excluding steroid dienone is 28. The van der Waals surface area contributed by atoms with E-state index in [1.54, 1.807) is 0 Å². The first kappa shape index (κ1) is 77.8. The molecule has 83 heavy (non-hydrogen) atoms. The maximum absolute atomic E-state index is 12.9. The fraction of sp³-hybridized carbons (Fsp3) is 0.597. The van der Waals surface area contributed by atoms with Crippen molar-refractivity contribution in [1.29, 1.82) is 0 Å². The highest BCUT2D eigenvalue weighted by atomic mass is 16.6. The van der Waals surface area contributed by atoms with Crippen LogP contribution in [0.2, 0.25) is 0 Å². The molecule has 0 aromatic heterocycles. The summed E-state index contributed by atoms with van der Waals surface area (Å²) in [6.07, 6.45) is 102. The molecular weight excluding hydrogens is 1020 g/mol. The minimum atomic E-state index is -0.817. The van der Waals surface area contributed by atoms with Gasteiger partial charge < -0.3 is 14.2 Å². The minimum Gasteiger partial charge on any atom is -0.462 e. The Morgan fingerprint density at radius 2 is 0.470 bits per heavy atom. The van der Waals surface area contributed by atoms with E-state index in [0.717, 1.165) is 148 Å². The molecular formula is C77H122O6. The van der Waals surface area contributed by atoms with Gasteiger partial charge in [0, 0.05) is 19.3 Å². The molecule has 466 valence electrons.